The molecule has 0 saturated carbocycles. The summed E-state index contributed by atoms with van der Waals surface area (Å²) in [5, 5.41) is 11.6. The molecule has 0 unspecified atom stereocenters. The van der Waals surface area contributed by atoms with Gasteiger partial charge in [0.2, 0.25) is 5.69 Å². The first-order valence-corrected chi connectivity index (χ1v) is 18.7. The monoisotopic (exact) mass is 762 g/mol. The maximum atomic E-state index is 11.8. The minimum absolute atomic E-state index is 0. The summed E-state index contributed by atoms with van der Waals surface area (Å²) in [6, 6.07) is 8.38. The number of carbonyl (C=O) groups excluding carboxylic acids is 1. The van der Waals surface area contributed by atoms with E-state index >= 15 is 0 Å². The molecule has 0 fully saturated rings. The Morgan fingerprint density at radius 1 is 0.816 bits per heavy atom. The zero-order chi connectivity index (χ0) is 34.5. The smallest absolute Gasteiger partial charge is 0.748 e. The Bertz CT molecular complexity index is 2030. The molecule has 0 saturated heterocycles. The molecule has 0 radical (unpaired) electrons. The van der Waals surface area contributed by atoms with E-state index in [1.54, 1.807) is 43.0 Å². The van der Waals surface area contributed by atoms with Crippen molar-refractivity contribution < 1.29 is 142 Å². The van der Waals surface area contributed by atoms with Gasteiger partial charge in [0.25, 0.3) is 0 Å². The Kier molecular flexibility index (Phi) is 16.3. The van der Waals surface area contributed by atoms with Crippen LogP contribution >= 0.6 is 0 Å². The zero-order valence-electron chi connectivity index (χ0n) is 28.5. The fourth-order valence-electron chi connectivity index (χ4n) is 6.12. The molecule has 0 spiro atoms. The largest absolute Gasteiger partial charge is 1.00 e. The van der Waals surface area contributed by atoms with Crippen LogP contribution in [0.5, 0.6) is 0 Å². The number of nitrogens with zero attached hydrogens (tertiary/aromatic N) is 2. The predicted molar refractivity (Wildman–Crippen MR) is 164 cm³/mol. The summed E-state index contributed by atoms with van der Waals surface area (Å²) in [5.41, 5.74) is 1.90. The van der Waals surface area contributed by atoms with E-state index in [-0.39, 0.29) is 120 Å². The third-order valence-electron chi connectivity index (χ3n) is 8.34. The Morgan fingerprint density at radius 2 is 1.41 bits per heavy atom. The average molecular weight is 763 g/mol. The van der Waals surface area contributed by atoms with Gasteiger partial charge in [-0.3, -0.25) is 0 Å². The SMILES string of the molecule is CC1(C)C(C=C/C=C2/N(CCCS(=O)(=O)[O-])c3ccc(S(=O)(=O)[O-])cc3C2(C)C)=[N+](CCCS(=O)(=O)[O-])c2ccc(C(=O)[O-])cc21.[Na+].[Na+].[Na+]. The number of rotatable bonds is 12. The number of fused-ring (bicyclic) bond motifs is 2. The Hall–Kier alpha value is -0.410. The van der Waals surface area contributed by atoms with Gasteiger partial charge in [-0.05, 0) is 67.8 Å². The Labute approximate surface area is 354 Å². The van der Waals surface area contributed by atoms with Gasteiger partial charge in [0.05, 0.1) is 36.5 Å². The van der Waals surface area contributed by atoms with Crippen LogP contribution in [0.1, 0.15) is 62.0 Å². The Balaban J connectivity index is 0.00000400. The van der Waals surface area contributed by atoms with Gasteiger partial charge in [-0.25, -0.2) is 25.3 Å². The number of carbonyl (C=O) groups is 1. The molecule has 2 aliphatic rings. The third-order valence-corrected chi connectivity index (χ3v) is 10.7. The number of hydrogen-bond acceptors (Lipinski definition) is 12. The number of hydrogen-bond donors (Lipinski definition) is 0. The van der Waals surface area contributed by atoms with Gasteiger partial charge in [0.15, 0.2) is 5.71 Å². The molecule has 0 N–H and O–H groups in total. The first-order valence-electron chi connectivity index (χ1n) is 14.2. The number of aromatic carboxylic acids is 1. The molecule has 19 heteroatoms. The molecule has 2 heterocycles. The van der Waals surface area contributed by atoms with E-state index in [2.05, 4.69) is 0 Å². The normalized spacial score (nSPS) is 17.3. The van der Waals surface area contributed by atoms with Gasteiger partial charge >= 0.3 is 88.7 Å². The zero-order valence-corrected chi connectivity index (χ0v) is 37.0. The van der Waals surface area contributed by atoms with Crippen LogP contribution in [-0.2, 0) is 41.2 Å². The molecule has 2 aliphatic heterocycles. The van der Waals surface area contributed by atoms with Crippen molar-refractivity contribution in [1.82, 2.24) is 0 Å². The summed E-state index contributed by atoms with van der Waals surface area (Å²) in [6.45, 7) is 7.55. The summed E-state index contributed by atoms with van der Waals surface area (Å²) in [4.78, 5) is 12.9. The molecule has 250 valence electrons. The van der Waals surface area contributed by atoms with E-state index < -0.39 is 63.6 Å². The molecule has 49 heavy (non-hydrogen) atoms. The van der Waals surface area contributed by atoms with E-state index in [0.29, 0.717) is 33.9 Å². The van der Waals surface area contributed by atoms with Crippen molar-refractivity contribution in [1.29, 1.82) is 0 Å². The average Bonchev–Trinajstić information content (AvgIpc) is 3.25. The second kappa shape index (κ2) is 17.2. The first kappa shape index (κ1) is 46.6. The molecule has 0 aromatic heterocycles. The van der Waals surface area contributed by atoms with E-state index in [0.717, 1.165) is 0 Å². The van der Waals surface area contributed by atoms with Crippen molar-refractivity contribution in [2.24, 2.45) is 0 Å². The topological polar surface area (TPSA) is 218 Å². The van der Waals surface area contributed by atoms with Gasteiger partial charge in [0.1, 0.15) is 16.7 Å². The molecular weight excluding hydrogens is 730 g/mol. The van der Waals surface area contributed by atoms with Crippen LogP contribution in [0, 0.1) is 0 Å². The summed E-state index contributed by atoms with van der Waals surface area (Å²) in [6.07, 6.45) is 5.17. The molecule has 0 amide bonds. The van der Waals surface area contributed by atoms with E-state index in [9.17, 15) is 48.8 Å². The van der Waals surface area contributed by atoms with E-state index in [1.807, 2.05) is 18.4 Å². The molecule has 0 aliphatic carbocycles. The molecule has 0 bridgehead atoms. The van der Waals surface area contributed by atoms with Crippen LogP contribution in [0.15, 0.2) is 65.2 Å². The molecule has 4 rings (SSSR count). The number of carboxylic acids is 1. The van der Waals surface area contributed by atoms with Crippen molar-refractivity contribution in [3.8, 4) is 0 Å². The number of benzene rings is 2. The van der Waals surface area contributed by atoms with Gasteiger partial charge < -0.3 is 28.5 Å². The predicted octanol–water partition coefficient (Wildman–Crippen LogP) is -7.55. The molecular formula is C30H33N2Na3O11S3. The Morgan fingerprint density at radius 3 is 1.96 bits per heavy atom. The van der Waals surface area contributed by atoms with Crippen LogP contribution in [0.3, 0.4) is 0 Å². The molecule has 13 nitrogen and oxygen atoms in total. The standard InChI is InChI=1S/C30H36N2O11S3.3Na/c1-29(2)22-18-20(28(33)34)10-12-24(22)31(14-6-16-44(35,36)37)26(29)8-5-9-27-30(3,4)23-19-21(46(41,42)43)11-13-25(23)32(27)15-7-17-45(38,39)40;;;/h5,8-13,18-19H,6-7,14-17H2,1-4H3,(H3-,33,34,35,36,37,38,39,40,41,42,43);;;/q;3*+1/p-3. The van der Waals surface area contributed by atoms with Crippen molar-refractivity contribution >= 4 is 53.4 Å². The second-order valence-corrected chi connectivity index (χ2v) is 16.7. The van der Waals surface area contributed by atoms with E-state index in [1.165, 1.54) is 30.3 Å². The summed E-state index contributed by atoms with van der Waals surface area (Å²) in [7, 11) is -13.8. The van der Waals surface area contributed by atoms with E-state index in [4.69, 9.17) is 0 Å². The van der Waals surface area contributed by atoms with Crippen molar-refractivity contribution in [3.63, 3.8) is 0 Å². The summed E-state index contributed by atoms with van der Waals surface area (Å²) >= 11 is 0. The fraction of sp³-hybridized carbons (Fsp3) is 0.400. The second-order valence-electron chi connectivity index (χ2n) is 12.2. The van der Waals surface area contributed by atoms with Gasteiger partial charge in [-0.15, -0.1) is 0 Å². The van der Waals surface area contributed by atoms with Crippen LogP contribution < -0.4 is 98.7 Å². The van der Waals surface area contributed by atoms with Gasteiger partial charge in [-0.1, -0.05) is 19.9 Å². The van der Waals surface area contributed by atoms with Crippen molar-refractivity contribution in [2.45, 2.75) is 56.3 Å². The molecule has 2 aromatic carbocycles. The summed E-state index contributed by atoms with van der Waals surface area (Å²) in [5.74, 6) is -2.59. The van der Waals surface area contributed by atoms with Crippen LogP contribution in [0.4, 0.5) is 11.4 Å². The minimum atomic E-state index is -4.77. The van der Waals surface area contributed by atoms with Gasteiger partial charge in [-0.2, -0.15) is 4.58 Å². The number of allylic oxidation sites excluding steroid dienone is 4. The van der Waals surface area contributed by atoms with Crippen LogP contribution in [0.25, 0.3) is 0 Å². The van der Waals surface area contributed by atoms with Crippen LogP contribution in [-0.4, -0.2) is 79.8 Å². The van der Waals surface area contributed by atoms with Crippen molar-refractivity contribution in [3.05, 3.63) is 77.0 Å². The fourth-order valence-corrected chi connectivity index (χ4v) is 7.59. The van der Waals surface area contributed by atoms with Crippen molar-refractivity contribution in [2.75, 3.05) is 29.5 Å². The summed E-state index contributed by atoms with van der Waals surface area (Å²) < 4.78 is 105. The minimum Gasteiger partial charge on any atom is -0.748 e. The van der Waals surface area contributed by atoms with Crippen LogP contribution in [0.2, 0.25) is 0 Å². The number of anilines is 1. The molecule has 2 aromatic rings. The first-order chi connectivity index (χ1) is 21.0. The maximum Gasteiger partial charge on any atom is 1.00 e. The third kappa shape index (κ3) is 10.8. The molecule has 0 atom stereocenters. The maximum absolute atomic E-state index is 11.8. The number of carboxylic acid groups (broad SMARTS) is 1. The quantitative estimate of drug-likeness (QED) is 0.112. The van der Waals surface area contributed by atoms with Gasteiger partial charge in [0, 0.05) is 59.0 Å².